The van der Waals surface area contributed by atoms with Gasteiger partial charge in [-0.3, -0.25) is 0 Å². The molecule has 4 heteroatoms. The van der Waals surface area contributed by atoms with E-state index < -0.39 is 0 Å². The second-order valence-corrected chi connectivity index (χ2v) is 21.8. The molecule has 0 saturated heterocycles. The molecule has 0 heterocycles. The monoisotopic (exact) mass is 780 g/mol. The van der Waals surface area contributed by atoms with Crippen molar-refractivity contribution in [1.29, 1.82) is 0 Å². The van der Waals surface area contributed by atoms with Crippen LogP contribution in [0.4, 0.5) is 0 Å². The molecule has 0 aliphatic carbocycles. The molecular formula is C46H40Cl2SiZr-2. The maximum Gasteiger partial charge on any atom is -0.0259 e. The minimum absolute atomic E-state index is 0. The number of hydrogen-bond donors (Lipinski definition) is 0. The van der Waals surface area contributed by atoms with E-state index in [1.807, 2.05) is 0 Å². The van der Waals surface area contributed by atoms with Crippen molar-refractivity contribution in [3.05, 3.63) is 181 Å². The summed E-state index contributed by atoms with van der Waals surface area (Å²) in [5.74, 6) is 0. The first-order valence-corrected chi connectivity index (χ1v) is 22.7. The number of aryl methyl sites for hydroxylation is 2. The van der Waals surface area contributed by atoms with Gasteiger partial charge in [0.2, 0.25) is 0 Å². The maximum absolute atomic E-state index is 2.32. The maximum atomic E-state index is 2.32. The van der Waals surface area contributed by atoms with Gasteiger partial charge in [-0.25, -0.2) is 0 Å². The molecular weight excluding hydrogens is 743 g/mol. The van der Waals surface area contributed by atoms with Gasteiger partial charge in [0.1, 0.15) is 0 Å². The summed E-state index contributed by atoms with van der Waals surface area (Å²) in [6.45, 7) is 8.96. The molecule has 0 N–H and O–H groups in total. The summed E-state index contributed by atoms with van der Waals surface area (Å²) >= 11 is 1.74. The van der Waals surface area contributed by atoms with Crippen molar-refractivity contribution in [2.45, 2.75) is 26.9 Å². The number of fused-ring (bicyclic) bond motifs is 2. The van der Waals surface area contributed by atoms with E-state index in [9.17, 15) is 0 Å². The molecule has 0 aliphatic heterocycles. The first-order chi connectivity index (χ1) is 23.4. The second-order valence-electron chi connectivity index (χ2n) is 12.5. The van der Waals surface area contributed by atoms with E-state index in [0.717, 1.165) is 0 Å². The summed E-state index contributed by atoms with van der Waals surface area (Å²) in [6.07, 6.45) is 0. The van der Waals surface area contributed by atoms with E-state index in [-0.39, 0.29) is 30.2 Å². The SMILES string of the molecule is C[Si](C)=[Zr+2].Cc1ccccc1-c1cc2c(-c3ccccc3)cccc2[cH-]1.Cc1ccccc1-c1cc2c(-c3ccccc3)cccc2[cH-]1.[Cl-].[Cl-]. The van der Waals surface area contributed by atoms with E-state index in [4.69, 9.17) is 0 Å². The Kier molecular flexibility index (Phi) is 14.4. The Morgan fingerprint density at radius 3 is 1.10 bits per heavy atom. The van der Waals surface area contributed by atoms with Crippen molar-refractivity contribution in [2.24, 2.45) is 0 Å². The van der Waals surface area contributed by atoms with Gasteiger partial charge in [-0.05, 0) is 25.0 Å². The van der Waals surface area contributed by atoms with Crippen LogP contribution in [0.5, 0.6) is 0 Å². The summed E-state index contributed by atoms with van der Waals surface area (Å²) in [5.41, 5.74) is 13.2. The topological polar surface area (TPSA) is 0 Å². The first kappa shape index (κ1) is 39.0. The minimum atomic E-state index is 0. The molecule has 8 aromatic carbocycles. The van der Waals surface area contributed by atoms with Crippen molar-refractivity contribution < 1.29 is 48.1 Å². The van der Waals surface area contributed by atoms with Gasteiger partial charge in [-0.1, -0.05) is 167 Å². The van der Waals surface area contributed by atoms with Crippen molar-refractivity contribution in [2.75, 3.05) is 0 Å². The molecule has 0 unspecified atom stereocenters. The van der Waals surface area contributed by atoms with Gasteiger partial charge in [0.05, 0.1) is 0 Å². The minimum Gasteiger partial charge on any atom is -1.00 e. The predicted molar refractivity (Wildman–Crippen MR) is 208 cm³/mol. The van der Waals surface area contributed by atoms with Crippen LogP contribution in [-0.2, 0) is 23.3 Å². The summed E-state index contributed by atoms with van der Waals surface area (Å²) in [5, 5.41) is 5.26. The molecule has 0 amide bonds. The first-order valence-electron chi connectivity index (χ1n) is 16.5. The fourth-order valence-corrected chi connectivity index (χ4v) is 6.31. The van der Waals surface area contributed by atoms with Crippen molar-refractivity contribution in [3.8, 4) is 44.5 Å². The van der Waals surface area contributed by atoms with Gasteiger partial charge in [0.15, 0.2) is 0 Å². The third kappa shape index (κ3) is 9.30. The Morgan fingerprint density at radius 1 is 0.420 bits per heavy atom. The van der Waals surface area contributed by atoms with Gasteiger partial charge in [-0.2, -0.15) is 0 Å². The Morgan fingerprint density at radius 2 is 0.740 bits per heavy atom. The Labute approximate surface area is 325 Å². The van der Waals surface area contributed by atoms with E-state index in [1.54, 1.807) is 23.3 Å². The molecule has 248 valence electrons. The summed E-state index contributed by atoms with van der Waals surface area (Å²) < 4.78 is 0. The van der Waals surface area contributed by atoms with Crippen molar-refractivity contribution in [3.63, 3.8) is 0 Å². The van der Waals surface area contributed by atoms with E-state index in [0.29, 0.717) is 0 Å². The summed E-state index contributed by atoms with van der Waals surface area (Å²) in [6, 6.07) is 60.7. The molecule has 0 radical (unpaired) electrons. The number of rotatable bonds is 4. The molecule has 0 aliphatic rings. The fraction of sp³-hybridized carbons (Fsp3) is 0.0870. The molecule has 0 fully saturated rings. The number of halogens is 2. The largest absolute Gasteiger partial charge is 1.00 e. The zero-order valence-electron chi connectivity index (χ0n) is 28.9. The van der Waals surface area contributed by atoms with Crippen LogP contribution in [0.15, 0.2) is 170 Å². The average molecular weight is 783 g/mol. The number of benzene rings is 6. The van der Waals surface area contributed by atoms with Crippen LogP contribution < -0.4 is 24.8 Å². The normalized spacial score (nSPS) is 10.2. The zero-order chi connectivity index (χ0) is 33.5. The van der Waals surface area contributed by atoms with Crippen LogP contribution in [0.1, 0.15) is 11.1 Å². The van der Waals surface area contributed by atoms with Gasteiger partial charge >= 0.3 is 41.9 Å². The molecule has 8 aromatic rings. The quantitative estimate of drug-likeness (QED) is 0.131. The van der Waals surface area contributed by atoms with Gasteiger partial charge in [0.25, 0.3) is 0 Å². The summed E-state index contributed by atoms with van der Waals surface area (Å²) in [7, 11) is 0. The zero-order valence-corrected chi connectivity index (χ0v) is 33.9. The van der Waals surface area contributed by atoms with Crippen molar-refractivity contribution in [1.82, 2.24) is 0 Å². The van der Waals surface area contributed by atoms with E-state index >= 15 is 0 Å². The third-order valence-electron chi connectivity index (χ3n) is 8.58. The molecule has 0 aromatic heterocycles. The molecule has 50 heavy (non-hydrogen) atoms. The van der Waals surface area contributed by atoms with E-state index in [2.05, 4.69) is 197 Å². The van der Waals surface area contributed by atoms with Crippen LogP contribution >= 0.6 is 0 Å². The van der Waals surface area contributed by atoms with Crippen LogP contribution in [0, 0.1) is 13.8 Å². The van der Waals surface area contributed by atoms with Crippen LogP contribution in [0.3, 0.4) is 0 Å². The van der Waals surface area contributed by atoms with E-state index in [1.165, 1.54) is 77.2 Å². The Hall–Kier alpha value is -3.78. The molecule has 8 rings (SSSR count). The number of hydrogen-bond acceptors (Lipinski definition) is 0. The molecule has 0 atom stereocenters. The van der Waals surface area contributed by atoms with Gasteiger partial charge in [0, 0.05) is 0 Å². The molecule has 0 spiro atoms. The predicted octanol–water partition coefficient (Wildman–Crippen LogP) is 7.19. The third-order valence-corrected chi connectivity index (χ3v) is 8.58. The second kappa shape index (κ2) is 18.5. The summed E-state index contributed by atoms with van der Waals surface area (Å²) in [4.78, 5) is 0. The van der Waals surface area contributed by atoms with Crippen LogP contribution in [-0.4, -0.2) is 5.43 Å². The molecule has 0 nitrogen and oxygen atoms in total. The Balaban J connectivity index is 0.000000196. The van der Waals surface area contributed by atoms with Crippen LogP contribution in [0.25, 0.3) is 66.1 Å². The van der Waals surface area contributed by atoms with Gasteiger partial charge < -0.3 is 24.8 Å². The average Bonchev–Trinajstić information content (AvgIpc) is 3.74. The standard InChI is InChI=1S/2C22H17.C2H6Si.2ClH.Zr/c2*1-16-8-5-6-12-20(16)19-14-18-11-7-13-21(22(18)15-19)17-9-3-2-4-10-17;1-3-2;;;/h2*2-15H,1H3;1-2H3;2*1H;/q2*-1;;;;+2/p-2. The van der Waals surface area contributed by atoms with Crippen molar-refractivity contribution >= 4 is 27.0 Å². The molecule has 0 saturated carbocycles. The molecule has 0 bridgehead atoms. The van der Waals surface area contributed by atoms with Gasteiger partial charge in [-0.15, -0.1) is 69.1 Å². The Bertz CT molecular complexity index is 2140. The fourth-order valence-electron chi connectivity index (χ4n) is 6.31. The van der Waals surface area contributed by atoms with Crippen LogP contribution in [0.2, 0.25) is 13.1 Å². The smallest absolute Gasteiger partial charge is 0.0259 e.